The minimum atomic E-state index is 0.590. The maximum absolute atomic E-state index is 4.76. The number of aromatic nitrogens is 2. The Morgan fingerprint density at radius 1 is 1.10 bits per heavy atom. The SMILES string of the molecule is CCc1nn(Cc2ccc(C(C)C)cc2)c(CC)c1I. The average molecular weight is 382 g/mol. The van der Waals surface area contributed by atoms with Gasteiger partial charge in [-0.25, -0.2) is 0 Å². The molecule has 0 fully saturated rings. The van der Waals surface area contributed by atoms with E-state index in [2.05, 4.69) is 79.2 Å². The number of nitrogens with zero attached hydrogens (tertiary/aromatic N) is 2. The lowest BCUT2D eigenvalue weighted by molar-refractivity contribution is 0.639. The molecule has 0 aliphatic carbocycles. The van der Waals surface area contributed by atoms with E-state index in [1.165, 1.54) is 26.1 Å². The first kappa shape index (κ1) is 15.5. The summed E-state index contributed by atoms with van der Waals surface area (Å²) in [5.41, 5.74) is 5.30. The first-order valence-corrected chi connectivity index (χ1v) is 8.47. The number of aryl methyl sites for hydroxylation is 1. The van der Waals surface area contributed by atoms with Crippen molar-refractivity contribution in [1.82, 2.24) is 9.78 Å². The molecule has 0 bridgehead atoms. The Morgan fingerprint density at radius 3 is 2.25 bits per heavy atom. The van der Waals surface area contributed by atoms with Crippen molar-refractivity contribution in [3.05, 3.63) is 50.4 Å². The van der Waals surface area contributed by atoms with Gasteiger partial charge in [0.05, 0.1) is 21.5 Å². The highest BCUT2D eigenvalue weighted by Gasteiger charge is 2.13. The first-order valence-electron chi connectivity index (χ1n) is 7.39. The lowest BCUT2D eigenvalue weighted by atomic mass is 10.0. The Hall–Kier alpha value is -0.840. The van der Waals surface area contributed by atoms with Crippen molar-refractivity contribution in [2.75, 3.05) is 0 Å². The van der Waals surface area contributed by atoms with Crippen molar-refractivity contribution in [3.63, 3.8) is 0 Å². The van der Waals surface area contributed by atoms with Gasteiger partial charge < -0.3 is 0 Å². The predicted molar refractivity (Wildman–Crippen MR) is 93.3 cm³/mol. The summed E-state index contributed by atoms with van der Waals surface area (Å²) in [5.74, 6) is 0.590. The van der Waals surface area contributed by atoms with E-state index in [1.54, 1.807) is 0 Å². The summed E-state index contributed by atoms with van der Waals surface area (Å²) in [6, 6.07) is 8.94. The third-order valence-corrected chi connectivity index (χ3v) is 4.95. The average Bonchev–Trinajstić information content (AvgIpc) is 2.74. The molecule has 3 heteroatoms. The fraction of sp³-hybridized carbons (Fsp3) is 0.471. The molecule has 0 N–H and O–H groups in total. The molecule has 0 aliphatic rings. The van der Waals surface area contributed by atoms with E-state index in [-0.39, 0.29) is 0 Å². The molecule has 0 aliphatic heterocycles. The quantitative estimate of drug-likeness (QED) is 0.681. The predicted octanol–water partition coefficient (Wildman–Crippen LogP) is 4.78. The molecule has 0 unspecified atom stereocenters. The fourth-order valence-electron chi connectivity index (χ4n) is 2.41. The summed E-state index contributed by atoms with van der Waals surface area (Å²) >= 11 is 2.44. The molecule has 0 atom stereocenters. The zero-order valence-electron chi connectivity index (χ0n) is 12.8. The second-order valence-electron chi connectivity index (χ2n) is 5.47. The maximum Gasteiger partial charge on any atom is 0.0758 e. The van der Waals surface area contributed by atoms with Crippen LogP contribution in [0.15, 0.2) is 24.3 Å². The van der Waals surface area contributed by atoms with Crippen molar-refractivity contribution in [2.24, 2.45) is 0 Å². The molecule has 0 spiro atoms. The van der Waals surface area contributed by atoms with Gasteiger partial charge in [-0.15, -0.1) is 0 Å². The molecule has 1 aromatic heterocycles. The Balaban J connectivity index is 2.25. The molecule has 20 heavy (non-hydrogen) atoms. The first-order chi connectivity index (χ1) is 9.56. The Kier molecular flexibility index (Phi) is 5.24. The van der Waals surface area contributed by atoms with Crippen molar-refractivity contribution < 1.29 is 0 Å². The normalized spacial score (nSPS) is 11.3. The van der Waals surface area contributed by atoms with E-state index in [0.29, 0.717) is 5.92 Å². The summed E-state index contributed by atoms with van der Waals surface area (Å²) in [5, 5.41) is 4.76. The number of halogens is 1. The molecule has 108 valence electrons. The Labute approximate surface area is 135 Å². The van der Waals surface area contributed by atoms with E-state index in [1.807, 2.05) is 0 Å². The van der Waals surface area contributed by atoms with Crippen molar-refractivity contribution in [3.8, 4) is 0 Å². The van der Waals surface area contributed by atoms with Gasteiger partial charge in [0.2, 0.25) is 0 Å². The third-order valence-electron chi connectivity index (χ3n) is 3.71. The highest BCUT2D eigenvalue weighted by molar-refractivity contribution is 14.1. The lowest BCUT2D eigenvalue weighted by Gasteiger charge is -2.09. The van der Waals surface area contributed by atoms with E-state index in [9.17, 15) is 0 Å². The van der Waals surface area contributed by atoms with Crippen LogP contribution in [0.2, 0.25) is 0 Å². The number of hydrogen-bond acceptors (Lipinski definition) is 1. The standard InChI is InChI=1S/C17H23IN2/c1-5-15-17(18)16(6-2)20(19-15)11-13-7-9-14(10-8-13)12(3)4/h7-10,12H,5-6,11H2,1-4H3. The highest BCUT2D eigenvalue weighted by Crippen LogP contribution is 2.20. The van der Waals surface area contributed by atoms with Gasteiger partial charge in [-0.1, -0.05) is 52.0 Å². The van der Waals surface area contributed by atoms with E-state index in [0.717, 1.165) is 19.4 Å². The molecule has 2 nitrogen and oxygen atoms in total. The van der Waals surface area contributed by atoms with Gasteiger partial charge in [0.15, 0.2) is 0 Å². The summed E-state index contributed by atoms with van der Waals surface area (Å²) < 4.78 is 3.51. The van der Waals surface area contributed by atoms with Crippen LogP contribution in [0.4, 0.5) is 0 Å². The molecule has 0 amide bonds. The van der Waals surface area contributed by atoms with Crippen LogP contribution >= 0.6 is 22.6 Å². The highest BCUT2D eigenvalue weighted by atomic mass is 127. The molecule has 0 radical (unpaired) electrons. The Bertz CT molecular complexity index is 567. The van der Waals surface area contributed by atoms with Crippen LogP contribution in [0.5, 0.6) is 0 Å². The minimum absolute atomic E-state index is 0.590. The monoisotopic (exact) mass is 382 g/mol. The van der Waals surface area contributed by atoms with Crippen LogP contribution in [-0.2, 0) is 19.4 Å². The van der Waals surface area contributed by atoms with E-state index < -0.39 is 0 Å². The van der Waals surface area contributed by atoms with E-state index >= 15 is 0 Å². The zero-order valence-corrected chi connectivity index (χ0v) is 14.9. The van der Waals surface area contributed by atoms with Gasteiger partial charge in [-0.2, -0.15) is 5.10 Å². The largest absolute Gasteiger partial charge is 0.264 e. The van der Waals surface area contributed by atoms with Crippen LogP contribution in [0.25, 0.3) is 0 Å². The third kappa shape index (κ3) is 3.25. The number of rotatable bonds is 5. The summed E-state index contributed by atoms with van der Waals surface area (Å²) in [6.45, 7) is 9.71. The molecule has 1 aromatic carbocycles. The second-order valence-corrected chi connectivity index (χ2v) is 6.55. The van der Waals surface area contributed by atoms with Crippen LogP contribution in [0.3, 0.4) is 0 Å². The van der Waals surface area contributed by atoms with Crippen LogP contribution < -0.4 is 0 Å². The summed E-state index contributed by atoms with van der Waals surface area (Å²) in [7, 11) is 0. The van der Waals surface area contributed by atoms with Gasteiger partial charge in [-0.05, 0) is 52.5 Å². The molecule has 2 aromatic rings. The summed E-state index contributed by atoms with van der Waals surface area (Å²) in [6.07, 6.45) is 2.04. The van der Waals surface area contributed by atoms with Crippen LogP contribution in [-0.4, -0.2) is 9.78 Å². The molecule has 2 rings (SSSR count). The molecular weight excluding hydrogens is 359 g/mol. The van der Waals surface area contributed by atoms with Crippen molar-refractivity contribution >= 4 is 22.6 Å². The van der Waals surface area contributed by atoms with Gasteiger partial charge in [0.25, 0.3) is 0 Å². The van der Waals surface area contributed by atoms with Gasteiger partial charge >= 0.3 is 0 Å². The van der Waals surface area contributed by atoms with Crippen molar-refractivity contribution in [2.45, 2.75) is 53.0 Å². The topological polar surface area (TPSA) is 17.8 Å². The summed E-state index contributed by atoms with van der Waals surface area (Å²) in [4.78, 5) is 0. The lowest BCUT2D eigenvalue weighted by Crippen LogP contribution is -2.06. The Morgan fingerprint density at radius 2 is 1.75 bits per heavy atom. The van der Waals surface area contributed by atoms with E-state index in [4.69, 9.17) is 5.10 Å². The smallest absolute Gasteiger partial charge is 0.0758 e. The second kappa shape index (κ2) is 6.74. The molecule has 0 saturated heterocycles. The van der Waals surface area contributed by atoms with Gasteiger partial charge in [0, 0.05) is 0 Å². The van der Waals surface area contributed by atoms with Gasteiger partial charge in [-0.3, -0.25) is 4.68 Å². The molecule has 0 saturated carbocycles. The van der Waals surface area contributed by atoms with Crippen LogP contribution in [0, 0.1) is 3.57 Å². The molecular formula is C17H23IN2. The zero-order chi connectivity index (χ0) is 14.7. The van der Waals surface area contributed by atoms with Crippen molar-refractivity contribution in [1.29, 1.82) is 0 Å². The molecule has 1 heterocycles. The van der Waals surface area contributed by atoms with Crippen LogP contribution in [0.1, 0.15) is 56.1 Å². The van der Waals surface area contributed by atoms with Gasteiger partial charge in [0.1, 0.15) is 0 Å². The number of hydrogen-bond donors (Lipinski definition) is 0. The number of benzene rings is 1. The fourth-order valence-corrected chi connectivity index (χ4v) is 3.55. The minimum Gasteiger partial charge on any atom is -0.264 e. The maximum atomic E-state index is 4.76.